The van der Waals surface area contributed by atoms with Gasteiger partial charge in [-0.2, -0.15) is 0 Å². The molecule has 0 aliphatic rings. The van der Waals surface area contributed by atoms with Crippen LogP contribution in [-0.2, 0) is 13.0 Å². The fraction of sp³-hybridized carbons (Fsp3) is 0.294. The summed E-state index contributed by atoms with van der Waals surface area (Å²) in [5, 5.41) is 0. The summed E-state index contributed by atoms with van der Waals surface area (Å²) in [6.07, 6.45) is 6.29. The minimum Gasteiger partial charge on any atom is -0.436 e. The van der Waals surface area contributed by atoms with Gasteiger partial charge in [0.25, 0.3) is 0 Å². The Balaban J connectivity index is 2.03. The van der Waals surface area contributed by atoms with E-state index < -0.39 is 0 Å². The van der Waals surface area contributed by atoms with E-state index in [1.807, 2.05) is 18.2 Å². The molecule has 3 nitrogen and oxygen atoms in total. The van der Waals surface area contributed by atoms with Gasteiger partial charge < -0.3 is 4.42 Å². The van der Waals surface area contributed by atoms with Crippen LogP contribution in [0, 0.1) is 0 Å². The van der Waals surface area contributed by atoms with Crippen molar-refractivity contribution in [1.82, 2.24) is 4.98 Å². The van der Waals surface area contributed by atoms with Crippen LogP contribution < -0.4 is 4.57 Å². The highest BCUT2D eigenvalue weighted by Crippen LogP contribution is 2.24. The Morgan fingerprint density at radius 1 is 1.20 bits per heavy atom. The molecule has 0 N–H and O–H groups in total. The van der Waals surface area contributed by atoms with Gasteiger partial charge in [0, 0.05) is 12.5 Å². The number of aromatic nitrogens is 2. The summed E-state index contributed by atoms with van der Waals surface area (Å²) in [7, 11) is 0. The molecule has 0 saturated carbocycles. The molecular formula is C17H19N2O+. The molecule has 0 spiro atoms. The lowest BCUT2D eigenvalue weighted by atomic mass is 10.1. The molecule has 102 valence electrons. The molecule has 1 aromatic carbocycles. The van der Waals surface area contributed by atoms with Crippen LogP contribution in [0.5, 0.6) is 0 Å². The van der Waals surface area contributed by atoms with Crippen molar-refractivity contribution in [1.29, 1.82) is 0 Å². The smallest absolute Gasteiger partial charge is 0.233 e. The summed E-state index contributed by atoms with van der Waals surface area (Å²) in [4.78, 5) is 4.61. The predicted molar refractivity (Wildman–Crippen MR) is 79.3 cm³/mol. The van der Waals surface area contributed by atoms with Crippen molar-refractivity contribution in [3.8, 4) is 11.5 Å². The first-order valence-corrected chi connectivity index (χ1v) is 7.19. The van der Waals surface area contributed by atoms with Gasteiger partial charge in [-0.3, -0.25) is 0 Å². The van der Waals surface area contributed by atoms with E-state index >= 15 is 0 Å². The van der Waals surface area contributed by atoms with E-state index in [1.54, 1.807) is 0 Å². The SMILES string of the molecule is CCC[n+]1cccc(-c2nc3cc(CC)ccc3o2)c1. The first-order chi connectivity index (χ1) is 9.80. The van der Waals surface area contributed by atoms with Gasteiger partial charge in [-0.25, -0.2) is 9.55 Å². The summed E-state index contributed by atoms with van der Waals surface area (Å²) in [5.41, 5.74) is 4.09. The number of pyridine rings is 1. The topological polar surface area (TPSA) is 29.9 Å². The average Bonchev–Trinajstić information content (AvgIpc) is 2.90. The highest BCUT2D eigenvalue weighted by Gasteiger charge is 2.11. The van der Waals surface area contributed by atoms with Gasteiger partial charge in [-0.05, 0) is 30.2 Å². The predicted octanol–water partition coefficient (Wildman–Crippen LogP) is 3.75. The van der Waals surface area contributed by atoms with Gasteiger partial charge >= 0.3 is 0 Å². The van der Waals surface area contributed by atoms with Gasteiger partial charge in [0.2, 0.25) is 5.89 Å². The lowest BCUT2D eigenvalue weighted by Gasteiger charge is -1.95. The minimum atomic E-state index is 0.693. The normalized spacial score (nSPS) is 11.1. The Bertz CT molecular complexity index is 731. The summed E-state index contributed by atoms with van der Waals surface area (Å²) in [6, 6.07) is 10.3. The fourth-order valence-electron chi connectivity index (χ4n) is 2.36. The Morgan fingerprint density at radius 3 is 2.90 bits per heavy atom. The Labute approximate surface area is 118 Å². The van der Waals surface area contributed by atoms with Crippen LogP contribution in [0.15, 0.2) is 47.1 Å². The molecule has 2 aromatic heterocycles. The van der Waals surface area contributed by atoms with Crippen LogP contribution >= 0.6 is 0 Å². The number of hydrogen-bond acceptors (Lipinski definition) is 2. The molecule has 3 heteroatoms. The quantitative estimate of drug-likeness (QED) is 0.674. The van der Waals surface area contributed by atoms with Gasteiger partial charge in [-0.1, -0.05) is 19.9 Å². The van der Waals surface area contributed by atoms with Gasteiger partial charge in [0.15, 0.2) is 18.0 Å². The summed E-state index contributed by atoms with van der Waals surface area (Å²) >= 11 is 0. The van der Waals surface area contributed by atoms with E-state index in [-0.39, 0.29) is 0 Å². The molecule has 2 heterocycles. The van der Waals surface area contributed by atoms with Crippen molar-refractivity contribution < 1.29 is 8.98 Å². The third kappa shape index (κ3) is 2.44. The van der Waals surface area contributed by atoms with Crippen molar-refractivity contribution in [2.24, 2.45) is 0 Å². The second-order valence-electron chi connectivity index (χ2n) is 5.01. The standard InChI is InChI=1S/C17H19N2O/c1-3-9-19-10-5-6-14(12-19)17-18-15-11-13(4-2)7-8-16(15)20-17/h5-8,10-12H,3-4,9H2,1-2H3/q+1. The van der Waals surface area contributed by atoms with Gasteiger partial charge in [-0.15, -0.1) is 0 Å². The van der Waals surface area contributed by atoms with Crippen LogP contribution in [0.4, 0.5) is 0 Å². The number of aryl methyl sites for hydroxylation is 2. The Hall–Kier alpha value is -2.16. The van der Waals surface area contributed by atoms with Crippen LogP contribution in [0.2, 0.25) is 0 Å². The zero-order valence-corrected chi connectivity index (χ0v) is 12.0. The molecule has 20 heavy (non-hydrogen) atoms. The molecule has 0 unspecified atom stereocenters. The van der Waals surface area contributed by atoms with E-state index in [9.17, 15) is 0 Å². The van der Waals surface area contributed by atoms with Crippen LogP contribution in [0.3, 0.4) is 0 Å². The molecule has 3 rings (SSSR count). The van der Waals surface area contributed by atoms with Crippen LogP contribution in [-0.4, -0.2) is 4.98 Å². The Morgan fingerprint density at radius 2 is 2.10 bits per heavy atom. The average molecular weight is 267 g/mol. The third-order valence-electron chi connectivity index (χ3n) is 3.45. The van der Waals surface area contributed by atoms with Crippen molar-refractivity contribution in [3.05, 3.63) is 48.3 Å². The number of fused-ring (bicyclic) bond motifs is 1. The van der Waals surface area contributed by atoms with E-state index in [2.05, 4.69) is 47.9 Å². The maximum Gasteiger partial charge on any atom is 0.233 e. The van der Waals surface area contributed by atoms with Gasteiger partial charge in [0.05, 0.1) is 0 Å². The highest BCUT2D eigenvalue weighted by molar-refractivity contribution is 5.76. The zero-order chi connectivity index (χ0) is 13.9. The highest BCUT2D eigenvalue weighted by atomic mass is 16.3. The maximum absolute atomic E-state index is 5.86. The molecule has 0 aliphatic heterocycles. The van der Waals surface area contributed by atoms with Crippen molar-refractivity contribution in [3.63, 3.8) is 0 Å². The molecule has 0 saturated heterocycles. The first kappa shape index (κ1) is 12.9. The molecule has 0 fully saturated rings. The second kappa shape index (κ2) is 5.45. The van der Waals surface area contributed by atoms with Crippen molar-refractivity contribution in [2.75, 3.05) is 0 Å². The number of oxazole rings is 1. The molecule has 0 radical (unpaired) electrons. The van der Waals surface area contributed by atoms with Crippen LogP contribution in [0.1, 0.15) is 25.8 Å². The van der Waals surface area contributed by atoms with Crippen LogP contribution in [0.25, 0.3) is 22.6 Å². The lowest BCUT2D eigenvalue weighted by Crippen LogP contribution is -2.32. The Kier molecular flexibility index (Phi) is 3.50. The second-order valence-corrected chi connectivity index (χ2v) is 5.01. The number of hydrogen-bond donors (Lipinski definition) is 0. The monoisotopic (exact) mass is 267 g/mol. The van der Waals surface area contributed by atoms with E-state index in [0.717, 1.165) is 36.0 Å². The van der Waals surface area contributed by atoms with Crippen molar-refractivity contribution in [2.45, 2.75) is 33.2 Å². The summed E-state index contributed by atoms with van der Waals surface area (Å²) in [5.74, 6) is 0.693. The molecule has 0 amide bonds. The largest absolute Gasteiger partial charge is 0.436 e. The first-order valence-electron chi connectivity index (χ1n) is 7.19. The third-order valence-corrected chi connectivity index (χ3v) is 3.45. The molecule has 0 aliphatic carbocycles. The zero-order valence-electron chi connectivity index (χ0n) is 12.0. The number of benzene rings is 1. The van der Waals surface area contributed by atoms with E-state index in [1.165, 1.54) is 5.56 Å². The molecule has 0 bridgehead atoms. The summed E-state index contributed by atoms with van der Waals surface area (Å²) < 4.78 is 8.03. The fourth-order valence-corrected chi connectivity index (χ4v) is 2.36. The molecule has 0 atom stereocenters. The van der Waals surface area contributed by atoms with Crippen molar-refractivity contribution >= 4 is 11.1 Å². The van der Waals surface area contributed by atoms with E-state index in [4.69, 9.17) is 4.42 Å². The maximum atomic E-state index is 5.86. The lowest BCUT2D eigenvalue weighted by molar-refractivity contribution is -0.696. The minimum absolute atomic E-state index is 0.693. The molecule has 3 aromatic rings. The van der Waals surface area contributed by atoms with Gasteiger partial charge in [0.1, 0.15) is 17.6 Å². The summed E-state index contributed by atoms with van der Waals surface area (Å²) in [6.45, 7) is 5.33. The van der Waals surface area contributed by atoms with E-state index in [0.29, 0.717) is 5.89 Å². The number of rotatable bonds is 4. The number of nitrogens with zero attached hydrogens (tertiary/aromatic N) is 2. The molecular weight excluding hydrogens is 248 g/mol.